The molecule has 8 heteroatoms. The van der Waals surface area contributed by atoms with Gasteiger partial charge in [-0.3, -0.25) is 9.59 Å². The molecule has 1 heterocycles. The van der Waals surface area contributed by atoms with E-state index in [4.69, 9.17) is 14.2 Å². The topological polar surface area (TPSA) is 114 Å². The zero-order chi connectivity index (χ0) is 22.4. The molecule has 0 unspecified atom stereocenters. The van der Waals surface area contributed by atoms with E-state index in [-0.39, 0.29) is 37.7 Å². The third-order valence-electron chi connectivity index (χ3n) is 6.40. The summed E-state index contributed by atoms with van der Waals surface area (Å²) in [6, 6.07) is -0.575. The number of esters is 1. The van der Waals surface area contributed by atoms with Crippen molar-refractivity contribution in [2.75, 3.05) is 6.61 Å². The van der Waals surface area contributed by atoms with E-state index in [0.717, 1.165) is 25.7 Å². The molecular weight excluding hydrogens is 402 g/mol. The summed E-state index contributed by atoms with van der Waals surface area (Å²) in [5, 5.41) is 23.1. The molecule has 2 saturated carbocycles. The number of aliphatic hydroxyl groups excluding tert-OH is 2. The summed E-state index contributed by atoms with van der Waals surface area (Å²) in [5.41, 5.74) is -0.149. The van der Waals surface area contributed by atoms with Crippen LogP contribution in [0.5, 0.6) is 0 Å². The maximum Gasteiger partial charge on any atom is 0.306 e. The molecule has 4 rings (SSSR count). The molecule has 0 bridgehead atoms. The van der Waals surface area contributed by atoms with Gasteiger partial charge in [-0.05, 0) is 59.0 Å². The largest absolute Gasteiger partial charge is 0.460 e. The third-order valence-corrected chi connectivity index (χ3v) is 6.40. The number of amides is 1. The van der Waals surface area contributed by atoms with Crippen LogP contribution >= 0.6 is 0 Å². The van der Waals surface area contributed by atoms with E-state index in [1.807, 2.05) is 0 Å². The van der Waals surface area contributed by atoms with Gasteiger partial charge in [-0.25, -0.2) is 0 Å². The van der Waals surface area contributed by atoms with E-state index in [2.05, 4.69) is 5.32 Å². The van der Waals surface area contributed by atoms with Gasteiger partial charge in [-0.1, -0.05) is 0 Å². The van der Waals surface area contributed by atoms with E-state index in [0.29, 0.717) is 17.4 Å². The summed E-state index contributed by atoms with van der Waals surface area (Å²) >= 11 is 0. The van der Waals surface area contributed by atoms with Crippen molar-refractivity contribution in [3.8, 4) is 0 Å². The fourth-order valence-electron chi connectivity index (χ4n) is 4.65. The minimum atomic E-state index is -0.815. The van der Waals surface area contributed by atoms with Crippen molar-refractivity contribution in [3.05, 3.63) is 11.6 Å². The van der Waals surface area contributed by atoms with Crippen molar-refractivity contribution in [1.82, 2.24) is 5.32 Å². The lowest BCUT2D eigenvalue weighted by Gasteiger charge is -2.29. The van der Waals surface area contributed by atoms with E-state index in [1.165, 1.54) is 0 Å². The van der Waals surface area contributed by atoms with Gasteiger partial charge < -0.3 is 29.7 Å². The first kappa shape index (κ1) is 22.7. The maximum atomic E-state index is 12.8. The second-order valence-electron chi connectivity index (χ2n) is 10.4. The van der Waals surface area contributed by atoms with Crippen LogP contribution < -0.4 is 5.32 Å². The summed E-state index contributed by atoms with van der Waals surface area (Å²) in [6.07, 6.45) is 4.93. The highest BCUT2D eigenvalue weighted by Gasteiger charge is 2.64. The molecule has 174 valence electrons. The molecule has 3 N–H and O–H groups in total. The number of hydrogen-bond donors (Lipinski definition) is 3. The van der Waals surface area contributed by atoms with Crippen molar-refractivity contribution in [2.24, 2.45) is 11.8 Å². The Kier molecular flexibility index (Phi) is 6.20. The van der Waals surface area contributed by atoms with Crippen LogP contribution in [-0.2, 0) is 23.8 Å². The Bertz CT molecular complexity index is 723. The standard InChI is InChI=1S/C23H35NO7/c1-22(2,3)30-19(27)9-8-16(12-25)24-21(28)13-10-17(26)20-18(11-13)29-23(31-20,14-4-5-14)15-6-7-15/h11,14-18,20,25-26H,4-10,12H2,1-3H3,(H,24,28)/t16-,17+,18+,20-/m0/s1. The minimum Gasteiger partial charge on any atom is -0.460 e. The Labute approximate surface area is 183 Å². The van der Waals surface area contributed by atoms with Crippen LogP contribution in [0.1, 0.15) is 65.7 Å². The Balaban J connectivity index is 1.35. The number of carbonyl (C=O) groups is 2. The molecular formula is C23H35NO7. The van der Waals surface area contributed by atoms with Gasteiger partial charge in [-0.15, -0.1) is 0 Å². The van der Waals surface area contributed by atoms with E-state index >= 15 is 0 Å². The molecule has 31 heavy (non-hydrogen) atoms. The molecule has 1 saturated heterocycles. The molecule has 8 nitrogen and oxygen atoms in total. The molecule has 0 aromatic rings. The average molecular weight is 438 g/mol. The third kappa shape index (κ3) is 5.13. The number of hydrogen-bond acceptors (Lipinski definition) is 7. The molecule has 4 atom stereocenters. The number of aliphatic hydroxyl groups is 2. The zero-order valence-electron chi connectivity index (χ0n) is 18.6. The van der Waals surface area contributed by atoms with Crippen LogP contribution in [0.2, 0.25) is 0 Å². The molecule has 0 aromatic carbocycles. The molecule has 0 spiro atoms. The Hall–Kier alpha value is -1.48. The van der Waals surface area contributed by atoms with Gasteiger partial charge in [0.1, 0.15) is 17.8 Å². The number of carbonyl (C=O) groups excluding carboxylic acids is 2. The van der Waals surface area contributed by atoms with Crippen molar-refractivity contribution >= 4 is 11.9 Å². The predicted octanol–water partition coefficient (Wildman–Crippen LogP) is 1.58. The number of ether oxygens (including phenoxy) is 3. The van der Waals surface area contributed by atoms with Crippen LogP contribution in [0.4, 0.5) is 0 Å². The van der Waals surface area contributed by atoms with Crippen molar-refractivity contribution < 1.29 is 34.0 Å². The highest BCUT2D eigenvalue weighted by atomic mass is 16.8. The second kappa shape index (κ2) is 8.46. The SMILES string of the molecule is CC(C)(C)OC(=O)CC[C@@H](CO)NC(=O)C1=C[C@H]2OC(C3CC3)(C3CC3)O[C@H]2[C@H](O)C1. The smallest absolute Gasteiger partial charge is 0.306 e. The van der Waals surface area contributed by atoms with Gasteiger partial charge >= 0.3 is 5.97 Å². The average Bonchev–Trinajstić information content (AvgIpc) is 3.60. The Morgan fingerprint density at radius 1 is 1.23 bits per heavy atom. The molecule has 0 aromatic heterocycles. The first-order valence-corrected chi connectivity index (χ1v) is 11.5. The van der Waals surface area contributed by atoms with Gasteiger partial charge in [0.05, 0.1) is 18.8 Å². The van der Waals surface area contributed by atoms with Gasteiger partial charge in [0.2, 0.25) is 5.91 Å². The van der Waals surface area contributed by atoms with Gasteiger partial charge in [0.25, 0.3) is 0 Å². The van der Waals surface area contributed by atoms with Gasteiger partial charge in [0.15, 0.2) is 5.79 Å². The quantitative estimate of drug-likeness (QED) is 0.494. The molecule has 0 radical (unpaired) electrons. The van der Waals surface area contributed by atoms with Crippen LogP contribution in [0.3, 0.4) is 0 Å². The first-order valence-electron chi connectivity index (χ1n) is 11.5. The molecule has 1 amide bonds. The van der Waals surface area contributed by atoms with Crippen LogP contribution in [0.15, 0.2) is 11.6 Å². The highest BCUT2D eigenvalue weighted by Crippen LogP contribution is 2.59. The minimum absolute atomic E-state index is 0.0946. The first-order chi connectivity index (χ1) is 14.6. The number of fused-ring (bicyclic) bond motifs is 1. The second-order valence-corrected chi connectivity index (χ2v) is 10.4. The summed E-state index contributed by atoms with van der Waals surface area (Å²) in [5.74, 6) is -0.562. The molecule has 3 fully saturated rings. The zero-order valence-corrected chi connectivity index (χ0v) is 18.6. The Morgan fingerprint density at radius 3 is 2.42 bits per heavy atom. The lowest BCUT2D eigenvalue weighted by molar-refractivity contribution is -0.209. The predicted molar refractivity (Wildman–Crippen MR) is 111 cm³/mol. The van der Waals surface area contributed by atoms with E-state index in [1.54, 1.807) is 26.8 Å². The summed E-state index contributed by atoms with van der Waals surface area (Å²) < 4.78 is 17.9. The monoisotopic (exact) mass is 437 g/mol. The van der Waals surface area contributed by atoms with Crippen LogP contribution in [0.25, 0.3) is 0 Å². The van der Waals surface area contributed by atoms with Crippen molar-refractivity contribution in [3.63, 3.8) is 0 Å². The lowest BCUT2D eigenvalue weighted by atomic mass is 9.91. The van der Waals surface area contributed by atoms with Crippen LogP contribution in [0, 0.1) is 11.8 Å². The molecule has 3 aliphatic carbocycles. The van der Waals surface area contributed by atoms with Crippen molar-refractivity contribution in [2.45, 2.75) is 101 Å². The molecule has 4 aliphatic rings. The Morgan fingerprint density at radius 2 is 1.87 bits per heavy atom. The fraction of sp³-hybridized carbons (Fsp3) is 0.826. The van der Waals surface area contributed by atoms with Crippen molar-refractivity contribution in [1.29, 1.82) is 0 Å². The van der Waals surface area contributed by atoms with E-state index in [9.17, 15) is 19.8 Å². The van der Waals surface area contributed by atoms with E-state index < -0.39 is 35.7 Å². The van der Waals surface area contributed by atoms with Gasteiger partial charge in [-0.2, -0.15) is 0 Å². The lowest BCUT2D eigenvalue weighted by Crippen LogP contribution is -2.44. The highest BCUT2D eigenvalue weighted by molar-refractivity contribution is 5.94. The summed E-state index contributed by atoms with van der Waals surface area (Å²) in [7, 11) is 0. The molecule has 1 aliphatic heterocycles. The van der Waals surface area contributed by atoms with Gasteiger partial charge in [0, 0.05) is 30.3 Å². The summed E-state index contributed by atoms with van der Waals surface area (Å²) in [6.45, 7) is 5.09. The van der Waals surface area contributed by atoms with Crippen LogP contribution in [-0.4, -0.2) is 64.4 Å². The number of rotatable bonds is 8. The normalized spacial score (nSPS) is 30.9. The summed E-state index contributed by atoms with van der Waals surface area (Å²) in [4.78, 5) is 24.7. The fourth-order valence-corrected chi connectivity index (χ4v) is 4.65. The maximum absolute atomic E-state index is 12.8. The number of nitrogens with one attached hydrogen (secondary N) is 1.